The summed E-state index contributed by atoms with van der Waals surface area (Å²) in [5, 5.41) is 34.0. The molecule has 95 heavy (non-hydrogen) atoms. The molecular formula is C81H106N6O8. The Bertz CT molecular complexity index is 3600. The molecule has 0 saturated heterocycles. The van der Waals surface area contributed by atoms with Crippen molar-refractivity contribution >= 4 is 0 Å². The zero-order valence-electron chi connectivity index (χ0n) is 58.4. The summed E-state index contributed by atoms with van der Waals surface area (Å²) in [6.45, 7) is 21.1. The third-order valence-corrected chi connectivity index (χ3v) is 17.6. The summed E-state index contributed by atoms with van der Waals surface area (Å²) in [6.07, 6.45) is 25.1. The maximum atomic E-state index is 11.7. The molecule has 2 unspecified atom stereocenters. The lowest BCUT2D eigenvalue weighted by atomic mass is 10.0. The van der Waals surface area contributed by atoms with Crippen molar-refractivity contribution in [3.05, 3.63) is 154 Å². The molecule has 6 aromatic carbocycles. The van der Waals surface area contributed by atoms with Crippen molar-refractivity contribution in [2.24, 2.45) is 0 Å². The molecule has 0 fully saturated rings. The number of nitrogens with zero attached hydrogens (tertiary/aromatic N) is 6. The van der Waals surface area contributed by atoms with E-state index in [1.807, 2.05) is 56.3 Å². The van der Waals surface area contributed by atoms with E-state index >= 15 is 0 Å². The monoisotopic (exact) mass is 1290 g/mol. The van der Waals surface area contributed by atoms with Gasteiger partial charge in [-0.15, -0.1) is 0 Å². The number of aliphatic hydroxyl groups excluding tert-OH is 1. The third-order valence-electron chi connectivity index (χ3n) is 17.6. The Kier molecular flexibility index (Phi) is 29.9. The van der Waals surface area contributed by atoms with Crippen LogP contribution in [0.25, 0.3) is 68.3 Å². The molecule has 2 atom stereocenters. The zero-order chi connectivity index (χ0) is 67.3. The molecule has 0 radical (unpaired) electrons. The van der Waals surface area contributed by atoms with Gasteiger partial charge in [-0.2, -0.15) is 0 Å². The molecule has 0 saturated carbocycles. The van der Waals surface area contributed by atoms with Crippen LogP contribution in [0.4, 0.5) is 0 Å². The van der Waals surface area contributed by atoms with E-state index in [0.717, 1.165) is 92.4 Å². The van der Waals surface area contributed by atoms with Crippen LogP contribution in [0.5, 0.6) is 23.0 Å². The second-order valence-corrected chi connectivity index (χ2v) is 26.2. The van der Waals surface area contributed by atoms with Gasteiger partial charge < -0.3 is 39.0 Å². The maximum absolute atomic E-state index is 11.7. The molecule has 8 aromatic rings. The number of benzene rings is 6. The molecule has 508 valence electrons. The molecule has 0 bridgehead atoms. The molecule has 8 rings (SSSR count). The number of rotatable bonds is 42. The summed E-state index contributed by atoms with van der Waals surface area (Å²) in [4.78, 5) is 29.9. The number of phenols is 2. The van der Waals surface area contributed by atoms with Crippen LogP contribution < -0.4 is 9.47 Å². The Labute approximate surface area is 566 Å². The average Bonchev–Trinajstić information content (AvgIpc) is 0.838. The molecular weight excluding hydrogens is 1180 g/mol. The number of hydrogen-bond donors (Lipinski definition) is 3. The van der Waals surface area contributed by atoms with Crippen molar-refractivity contribution in [2.75, 3.05) is 39.6 Å². The van der Waals surface area contributed by atoms with Gasteiger partial charge in [-0.3, -0.25) is 0 Å². The summed E-state index contributed by atoms with van der Waals surface area (Å²) in [5.41, 5.74) is 12.7. The minimum atomic E-state index is -0.818. The molecule has 0 aliphatic carbocycles. The molecule has 2 heterocycles. The van der Waals surface area contributed by atoms with Gasteiger partial charge >= 0.3 is 0 Å². The van der Waals surface area contributed by atoms with Gasteiger partial charge in [0.2, 0.25) is 0 Å². The number of phenolic OH excluding ortho intramolecular Hbond substituents is 2. The van der Waals surface area contributed by atoms with Gasteiger partial charge in [0.25, 0.3) is 0 Å². The fourth-order valence-corrected chi connectivity index (χ4v) is 12.1. The standard InChI is InChI=1S/C81H106N6O8/c1-10-12-14-16-18-20-22-24-26-28-30-44-92-54-67(55-95-66-36-42-73(75(90)50-66)80-84-76(68-37-31-56(3)45-59(68)6)82-77(85-80)69-38-32-57(4)46-60(69)7)93-51-63-34-40-71(62(9)48-63)79-83-78(70-39-33-58(5)47-61(70)8)86-81(87-79)72-41-35-65(49-74(72)89)94-53-64(88)52-91-43-29-27-25-23-21-19-17-15-13-11-2/h31-42,45-50,64,67,88-90H,10-30,43-44,51-55H2,1-9H3. The smallest absolute Gasteiger partial charge is 0.167 e. The fourth-order valence-electron chi connectivity index (χ4n) is 12.1. The van der Waals surface area contributed by atoms with Crippen LogP contribution in [-0.2, 0) is 20.8 Å². The quantitative estimate of drug-likeness (QED) is 0.0307. The molecule has 0 aliphatic rings. The van der Waals surface area contributed by atoms with Crippen molar-refractivity contribution in [2.45, 2.75) is 216 Å². The lowest BCUT2D eigenvalue weighted by molar-refractivity contribution is -0.0454. The highest BCUT2D eigenvalue weighted by Gasteiger charge is 2.22. The van der Waals surface area contributed by atoms with Crippen molar-refractivity contribution in [3.8, 4) is 91.3 Å². The normalized spacial score (nSPS) is 12.1. The first kappa shape index (κ1) is 73.2. The lowest BCUT2D eigenvalue weighted by Crippen LogP contribution is -2.27. The van der Waals surface area contributed by atoms with Crippen molar-refractivity contribution < 1.29 is 39.0 Å². The van der Waals surface area contributed by atoms with Crippen LogP contribution in [0.3, 0.4) is 0 Å². The molecule has 0 aliphatic heterocycles. The lowest BCUT2D eigenvalue weighted by Gasteiger charge is -2.20. The van der Waals surface area contributed by atoms with Crippen molar-refractivity contribution in [1.82, 2.24) is 29.9 Å². The van der Waals surface area contributed by atoms with E-state index in [4.69, 9.17) is 53.6 Å². The Morgan fingerprint density at radius 2 is 0.663 bits per heavy atom. The summed E-state index contributed by atoms with van der Waals surface area (Å²) in [7, 11) is 0. The third kappa shape index (κ3) is 23.3. The van der Waals surface area contributed by atoms with Gasteiger partial charge in [-0.1, -0.05) is 225 Å². The predicted octanol–water partition coefficient (Wildman–Crippen LogP) is 19.6. The van der Waals surface area contributed by atoms with Crippen LogP contribution in [0.15, 0.2) is 109 Å². The number of ether oxygens (including phenoxy) is 5. The number of aryl methyl sites for hydroxylation is 7. The minimum Gasteiger partial charge on any atom is -0.507 e. The largest absolute Gasteiger partial charge is 0.507 e. The summed E-state index contributed by atoms with van der Waals surface area (Å²) >= 11 is 0. The maximum Gasteiger partial charge on any atom is 0.167 e. The molecule has 14 nitrogen and oxygen atoms in total. The van der Waals surface area contributed by atoms with E-state index in [0.29, 0.717) is 77.4 Å². The first-order chi connectivity index (χ1) is 46.2. The molecule has 0 spiro atoms. The van der Waals surface area contributed by atoms with Crippen LogP contribution in [0, 0.1) is 48.5 Å². The topological polar surface area (TPSA) is 184 Å². The van der Waals surface area contributed by atoms with Crippen LogP contribution >= 0.6 is 0 Å². The minimum absolute atomic E-state index is 0.0171. The number of aromatic nitrogens is 6. The zero-order valence-corrected chi connectivity index (χ0v) is 58.4. The van der Waals surface area contributed by atoms with E-state index in [1.54, 1.807) is 24.3 Å². The highest BCUT2D eigenvalue weighted by Crippen LogP contribution is 2.37. The van der Waals surface area contributed by atoms with E-state index in [-0.39, 0.29) is 37.9 Å². The predicted molar refractivity (Wildman–Crippen MR) is 384 cm³/mol. The van der Waals surface area contributed by atoms with Crippen molar-refractivity contribution in [3.63, 3.8) is 0 Å². The Hall–Kier alpha value is -7.62. The summed E-state index contributed by atoms with van der Waals surface area (Å²) in [6, 6.07) is 34.9. The first-order valence-corrected chi connectivity index (χ1v) is 35.4. The van der Waals surface area contributed by atoms with E-state index in [1.165, 1.54) is 115 Å². The van der Waals surface area contributed by atoms with Crippen LogP contribution in [-0.4, -0.2) is 97.1 Å². The van der Waals surface area contributed by atoms with Gasteiger partial charge in [0, 0.05) is 47.6 Å². The summed E-state index contributed by atoms with van der Waals surface area (Å²) < 4.78 is 31.2. The number of aromatic hydroxyl groups is 2. The first-order valence-electron chi connectivity index (χ1n) is 35.4. The van der Waals surface area contributed by atoms with E-state index in [9.17, 15) is 15.3 Å². The highest BCUT2D eigenvalue weighted by atomic mass is 16.6. The van der Waals surface area contributed by atoms with Gasteiger partial charge in [0.1, 0.15) is 48.4 Å². The highest BCUT2D eigenvalue weighted by molar-refractivity contribution is 5.74. The van der Waals surface area contributed by atoms with Gasteiger partial charge in [0.05, 0.1) is 30.9 Å². The molecule has 14 heteroatoms. The second-order valence-electron chi connectivity index (χ2n) is 26.2. The molecule has 0 amide bonds. The fraction of sp³-hybridized carbons (Fsp3) is 0.481. The van der Waals surface area contributed by atoms with Crippen LogP contribution in [0.1, 0.15) is 193 Å². The van der Waals surface area contributed by atoms with Gasteiger partial charge in [0.15, 0.2) is 34.9 Å². The number of hydrogen-bond acceptors (Lipinski definition) is 14. The number of unbranched alkanes of at least 4 members (excludes halogenated alkanes) is 19. The summed E-state index contributed by atoms with van der Waals surface area (Å²) in [5.74, 6) is 3.40. The SMILES string of the molecule is CCCCCCCCCCCCCOCC(COc1ccc(-c2nc(-c3ccc(C)cc3C)nc(-c3ccc(C)cc3C)n2)c(O)c1)OCc1ccc(-c2nc(-c3ccc(C)cc3C)nc(-c3ccc(OCC(O)COCCCCCCCCCCCC)cc3O)n2)c(C)c1. The molecule has 2 aromatic heterocycles. The van der Waals surface area contributed by atoms with E-state index in [2.05, 4.69) is 84.9 Å². The van der Waals surface area contributed by atoms with Crippen molar-refractivity contribution in [1.29, 1.82) is 0 Å². The average molecular weight is 1290 g/mol. The Morgan fingerprint density at radius 1 is 0.337 bits per heavy atom. The van der Waals surface area contributed by atoms with Gasteiger partial charge in [-0.25, -0.2) is 29.9 Å². The Balaban J connectivity index is 0.942. The van der Waals surface area contributed by atoms with Gasteiger partial charge in [-0.05, 0) is 113 Å². The second kappa shape index (κ2) is 38.8. The number of aliphatic hydroxyl groups is 1. The van der Waals surface area contributed by atoms with Crippen LogP contribution in [0.2, 0.25) is 0 Å². The Morgan fingerprint density at radius 3 is 1.03 bits per heavy atom. The molecule has 3 N–H and O–H groups in total. The van der Waals surface area contributed by atoms with E-state index < -0.39 is 12.2 Å².